The molecule has 9 heteroatoms. The van der Waals surface area contributed by atoms with Crippen molar-refractivity contribution in [3.63, 3.8) is 0 Å². The van der Waals surface area contributed by atoms with Crippen LogP contribution in [-0.4, -0.2) is 14.6 Å². The number of halogens is 3. The number of aromatic amines is 1. The van der Waals surface area contributed by atoms with Crippen molar-refractivity contribution >= 4 is 28.5 Å². The van der Waals surface area contributed by atoms with Gasteiger partial charge < -0.3 is 5.32 Å². The lowest BCUT2D eigenvalue weighted by atomic mass is 10.2. The SMILES string of the molecule is N#Cc1c[nH]n2c(Nc3cccc(C(F)(F)F)c3)c(-c3cccs3)nc12. The Kier molecular flexibility index (Phi) is 3.70. The van der Waals surface area contributed by atoms with E-state index < -0.39 is 11.7 Å². The second-order valence-corrected chi connectivity index (χ2v) is 6.40. The lowest BCUT2D eigenvalue weighted by Gasteiger charge is -2.11. The molecule has 5 nitrogen and oxygen atoms in total. The fraction of sp³-hybridized carbons (Fsp3) is 0.0588. The van der Waals surface area contributed by atoms with Crippen LogP contribution < -0.4 is 5.32 Å². The number of rotatable bonds is 3. The molecule has 0 spiro atoms. The van der Waals surface area contributed by atoms with Gasteiger partial charge in [-0.1, -0.05) is 12.1 Å². The molecule has 0 aliphatic heterocycles. The Hall–Kier alpha value is -3.25. The van der Waals surface area contributed by atoms with Crippen LogP contribution in [-0.2, 0) is 6.18 Å². The molecule has 0 aliphatic carbocycles. The second-order valence-electron chi connectivity index (χ2n) is 5.45. The van der Waals surface area contributed by atoms with E-state index in [4.69, 9.17) is 0 Å². The van der Waals surface area contributed by atoms with Gasteiger partial charge in [0.05, 0.1) is 10.4 Å². The second kappa shape index (κ2) is 5.93. The first-order valence-electron chi connectivity index (χ1n) is 7.45. The third-order valence-corrected chi connectivity index (χ3v) is 4.66. The molecule has 4 rings (SSSR count). The first-order chi connectivity index (χ1) is 12.5. The smallest absolute Gasteiger partial charge is 0.338 e. The summed E-state index contributed by atoms with van der Waals surface area (Å²) in [5, 5.41) is 17.0. The van der Waals surface area contributed by atoms with Gasteiger partial charge in [0.2, 0.25) is 0 Å². The van der Waals surface area contributed by atoms with Crippen LogP contribution in [0.2, 0.25) is 0 Å². The molecule has 0 radical (unpaired) electrons. The quantitative estimate of drug-likeness (QED) is 0.529. The third-order valence-electron chi connectivity index (χ3n) is 3.78. The van der Waals surface area contributed by atoms with E-state index in [0.717, 1.165) is 17.0 Å². The predicted octanol–water partition coefficient (Wildman–Crippen LogP) is 5.02. The fourth-order valence-electron chi connectivity index (χ4n) is 2.61. The largest absolute Gasteiger partial charge is 0.416 e. The van der Waals surface area contributed by atoms with E-state index in [-0.39, 0.29) is 5.69 Å². The summed E-state index contributed by atoms with van der Waals surface area (Å²) in [7, 11) is 0. The third kappa shape index (κ3) is 2.70. The monoisotopic (exact) mass is 373 g/mol. The summed E-state index contributed by atoms with van der Waals surface area (Å²) in [5.41, 5.74) is 0.837. The van der Waals surface area contributed by atoms with Gasteiger partial charge in [-0.3, -0.25) is 5.10 Å². The van der Waals surface area contributed by atoms with Crippen LogP contribution in [0.5, 0.6) is 0 Å². The van der Waals surface area contributed by atoms with Crippen LogP contribution in [0.25, 0.3) is 16.2 Å². The number of nitrogens with one attached hydrogen (secondary N) is 2. The zero-order valence-corrected chi connectivity index (χ0v) is 13.8. The van der Waals surface area contributed by atoms with Crippen molar-refractivity contribution in [2.45, 2.75) is 6.18 Å². The van der Waals surface area contributed by atoms with Gasteiger partial charge >= 0.3 is 6.18 Å². The predicted molar refractivity (Wildman–Crippen MR) is 92.3 cm³/mol. The van der Waals surface area contributed by atoms with E-state index in [1.54, 1.807) is 10.6 Å². The molecule has 0 unspecified atom stereocenters. The number of H-pyrrole nitrogens is 1. The number of aromatic nitrogens is 3. The number of nitrogens with zero attached hydrogens (tertiary/aromatic N) is 3. The molecular formula is C17H10F3N5S. The summed E-state index contributed by atoms with van der Waals surface area (Å²) in [4.78, 5) is 5.32. The highest BCUT2D eigenvalue weighted by Crippen LogP contribution is 2.36. The Morgan fingerprint density at radius 3 is 2.77 bits per heavy atom. The first kappa shape index (κ1) is 16.2. The molecular weight excluding hydrogens is 363 g/mol. The number of anilines is 2. The van der Waals surface area contributed by atoms with Gasteiger partial charge in [0, 0.05) is 11.9 Å². The number of benzene rings is 1. The van der Waals surface area contributed by atoms with Gasteiger partial charge in [-0.25, -0.2) is 9.50 Å². The Morgan fingerprint density at radius 2 is 2.08 bits per heavy atom. The number of hydrogen-bond acceptors (Lipinski definition) is 4. The van der Waals surface area contributed by atoms with E-state index in [1.807, 2.05) is 23.6 Å². The van der Waals surface area contributed by atoms with Crippen molar-refractivity contribution < 1.29 is 13.2 Å². The minimum Gasteiger partial charge on any atom is -0.338 e. The van der Waals surface area contributed by atoms with Gasteiger partial charge in [-0.2, -0.15) is 18.4 Å². The van der Waals surface area contributed by atoms with Crippen molar-refractivity contribution in [1.29, 1.82) is 5.26 Å². The van der Waals surface area contributed by atoms with Crippen LogP contribution in [0.3, 0.4) is 0 Å². The van der Waals surface area contributed by atoms with Gasteiger partial charge in [0.15, 0.2) is 11.5 Å². The van der Waals surface area contributed by atoms with Gasteiger partial charge in [0.25, 0.3) is 0 Å². The lowest BCUT2D eigenvalue weighted by Crippen LogP contribution is -2.05. The molecule has 0 aliphatic rings. The van der Waals surface area contributed by atoms with Crippen molar-refractivity contribution in [2.24, 2.45) is 0 Å². The first-order valence-corrected chi connectivity index (χ1v) is 8.33. The summed E-state index contributed by atoms with van der Waals surface area (Å²) < 4.78 is 40.4. The standard InChI is InChI=1S/C17H10F3N5S/c18-17(19,20)11-3-1-4-12(7-11)23-16-14(13-5-2-6-26-13)24-15-10(8-21)9-22-25(15)16/h1-7,9,22-23H. The Balaban J connectivity index is 1.85. The van der Waals surface area contributed by atoms with Crippen LogP contribution in [0.1, 0.15) is 11.1 Å². The average Bonchev–Trinajstić information content (AvgIpc) is 3.31. The maximum absolute atomic E-state index is 13.0. The number of nitriles is 1. The van der Waals surface area contributed by atoms with Crippen LogP contribution in [0, 0.1) is 11.3 Å². The molecule has 3 heterocycles. The average molecular weight is 373 g/mol. The van der Waals surface area contributed by atoms with E-state index in [1.165, 1.54) is 23.6 Å². The van der Waals surface area contributed by atoms with E-state index in [2.05, 4.69) is 15.4 Å². The molecule has 0 fully saturated rings. The van der Waals surface area contributed by atoms with Gasteiger partial charge in [0.1, 0.15) is 17.3 Å². The van der Waals surface area contributed by atoms with E-state index in [0.29, 0.717) is 22.7 Å². The molecule has 1 aromatic carbocycles. The maximum Gasteiger partial charge on any atom is 0.416 e. The molecule has 3 aromatic heterocycles. The zero-order valence-electron chi connectivity index (χ0n) is 13.0. The van der Waals surface area contributed by atoms with E-state index >= 15 is 0 Å². The molecule has 0 saturated carbocycles. The van der Waals surface area contributed by atoms with Crippen molar-refractivity contribution in [1.82, 2.24) is 14.6 Å². The normalized spacial score (nSPS) is 11.6. The minimum atomic E-state index is -4.43. The molecule has 4 aromatic rings. The fourth-order valence-corrected chi connectivity index (χ4v) is 3.33. The number of hydrogen-bond donors (Lipinski definition) is 2. The summed E-state index contributed by atoms with van der Waals surface area (Å²) in [5.74, 6) is 0.461. The van der Waals surface area contributed by atoms with Gasteiger partial charge in [-0.15, -0.1) is 11.3 Å². The van der Waals surface area contributed by atoms with Crippen LogP contribution >= 0.6 is 11.3 Å². The molecule has 0 saturated heterocycles. The lowest BCUT2D eigenvalue weighted by molar-refractivity contribution is -0.137. The number of thiophene rings is 1. The maximum atomic E-state index is 13.0. The Labute approximate surface area is 149 Å². The molecule has 0 amide bonds. The summed E-state index contributed by atoms with van der Waals surface area (Å²) >= 11 is 1.45. The summed E-state index contributed by atoms with van der Waals surface area (Å²) in [6.45, 7) is 0. The topological polar surface area (TPSA) is 68.9 Å². The number of alkyl halides is 3. The zero-order chi connectivity index (χ0) is 18.3. The highest BCUT2D eigenvalue weighted by Gasteiger charge is 2.30. The highest BCUT2D eigenvalue weighted by atomic mass is 32.1. The van der Waals surface area contributed by atoms with Gasteiger partial charge in [-0.05, 0) is 29.6 Å². The number of imidazole rings is 1. The summed E-state index contributed by atoms with van der Waals surface area (Å²) in [6.07, 6.45) is -2.93. The molecule has 130 valence electrons. The van der Waals surface area contributed by atoms with Crippen LogP contribution in [0.4, 0.5) is 24.7 Å². The minimum absolute atomic E-state index is 0.271. The van der Waals surface area contributed by atoms with Crippen LogP contribution in [0.15, 0.2) is 48.0 Å². The van der Waals surface area contributed by atoms with E-state index in [9.17, 15) is 18.4 Å². The Morgan fingerprint density at radius 1 is 1.23 bits per heavy atom. The number of fused-ring (bicyclic) bond motifs is 1. The highest BCUT2D eigenvalue weighted by molar-refractivity contribution is 7.13. The van der Waals surface area contributed by atoms with Crippen molar-refractivity contribution in [3.8, 4) is 16.6 Å². The van der Waals surface area contributed by atoms with Crippen molar-refractivity contribution in [3.05, 3.63) is 59.1 Å². The molecule has 26 heavy (non-hydrogen) atoms. The molecule has 2 N–H and O–H groups in total. The Bertz CT molecular complexity index is 1120. The molecule has 0 bridgehead atoms. The molecule has 0 atom stereocenters. The summed E-state index contributed by atoms with van der Waals surface area (Å²) in [6, 6.07) is 10.7. The van der Waals surface area contributed by atoms with Crippen molar-refractivity contribution in [2.75, 3.05) is 5.32 Å².